The molecule has 0 radical (unpaired) electrons. The van der Waals surface area contributed by atoms with Gasteiger partial charge in [0.05, 0.1) is 0 Å². The van der Waals surface area contributed by atoms with Crippen molar-refractivity contribution in [2.24, 2.45) is 0 Å². The Hall–Kier alpha value is 0.300. The molecule has 0 amide bonds. The summed E-state index contributed by atoms with van der Waals surface area (Å²) >= 11 is 3.43. The first-order chi connectivity index (χ1) is 6.85. The molecule has 0 aliphatic carbocycles. The van der Waals surface area contributed by atoms with Crippen LogP contribution in [-0.2, 0) is 9.84 Å². The smallest absolute Gasteiger partial charge is 0.276 e. The summed E-state index contributed by atoms with van der Waals surface area (Å²) in [5.41, 5.74) is 1.10. The molecule has 1 aromatic carbocycles. The minimum absolute atomic E-state index is 0.230. The molecule has 0 aromatic heterocycles. The first-order valence-corrected chi connectivity index (χ1v) is 8.02. The standard InChI is InChI=1S/C9H8I2O3S/c1-6-3-2-4-7(5-6)8(12)15(13,14)9(10)11/h2-5,9H,1H3. The topological polar surface area (TPSA) is 51.2 Å². The molecule has 82 valence electrons. The number of carbonyl (C=O) groups excluding carboxylic acids is 1. The second-order valence-corrected chi connectivity index (χ2v) is 11.5. The van der Waals surface area contributed by atoms with Crippen LogP contribution in [0.3, 0.4) is 0 Å². The van der Waals surface area contributed by atoms with E-state index >= 15 is 0 Å². The van der Waals surface area contributed by atoms with E-state index in [1.807, 2.05) is 13.0 Å². The Labute approximate surface area is 116 Å². The van der Waals surface area contributed by atoms with Crippen LogP contribution in [0.1, 0.15) is 15.9 Å². The van der Waals surface area contributed by atoms with Gasteiger partial charge in [-0.1, -0.05) is 68.9 Å². The van der Waals surface area contributed by atoms with Gasteiger partial charge < -0.3 is 0 Å². The highest BCUT2D eigenvalue weighted by Crippen LogP contribution is 2.22. The van der Waals surface area contributed by atoms with Crippen molar-refractivity contribution in [1.82, 2.24) is 0 Å². The van der Waals surface area contributed by atoms with Gasteiger partial charge >= 0.3 is 0 Å². The average molecular weight is 450 g/mol. The molecule has 15 heavy (non-hydrogen) atoms. The zero-order valence-corrected chi connectivity index (χ0v) is 12.9. The molecule has 1 aromatic rings. The van der Waals surface area contributed by atoms with Gasteiger partial charge in [0.1, 0.15) is 0 Å². The molecule has 0 unspecified atom stereocenters. The van der Waals surface area contributed by atoms with Crippen molar-refractivity contribution in [1.29, 1.82) is 0 Å². The molecule has 0 fully saturated rings. The molecule has 0 N–H and O–H groups in total. The van der Waals surface area contributed by atoms with Crippen LogP contribution >= 0.6 is 45.2 Å². The van der Waals surface area contributed by atoms with Crippen LogP contribution in [0.4, 0.5) is 0 Å². The van der Waals surface area contributed by atoms with Gasteiger partial charge in [-0.05, 0) is 13.0 Å². The van der Waals surface area contributed by atoms with Crippen molar-refractivity contribution >= 4 is 60.1 Å². The maximum absolute atomic E-state index is 11.7. The Morgan fingerprint density at radius 2 is 1.93 bits per heavy atom. The highest BCUT2D eigenvalue weighted by Gasteiger charge is 2.29. The fraction of sp³-hybridized carbons (Fsp3) is 0.222. The van der Waals surface area contributed by atoms with E-state index in [1.54, 1.807) is 57.3 Å². The van der Waals surface area contributed by atoms with Gasteiger partial charge in [0.25, 0.3) is 5.12 Å². The molecule has 0 saturated carbocycles. The van der Waals surface area contributed by atoms with Crippen LogP contribution in [0.25, 0.3) is 0 Å². The summed E-state index contributed by atoms with van der Waals surface area (Å²) in [7, 11) is -3.71. The summed E-state index contributed by atoms with van der Waals surface area (Å²) < 4.78 is 22.4. The molecule has 3 nitrogen and oxygen atoms in total. The lowest BCUT2D eigenvalue weighted by Gasteiger charge is -2.04. The second kappa shape index (κ2) is 5.09. The highest BCUT2D eigenvalue weighted by molar-refractivity contribution is 14.2. The first-order valence-electron chi connectivity index (χ1n) is 3.99. The lowest BCUT2D eigenvalue weighted by Crippen LogP contribution is -2.20. The molecule has 0 atom stereocenters. The maximum atomic E-state index is 11.7. The number of carbonyl (C=O) groups is 1. The van der Waals surface area contributed by atoms with Crippen LogP contribution in [0.2, 0.25) is 0 Å². The summed E-state index contributed by atoms with van der Waals surface area (Å²) in [6.07, 6.45) is 0. The van der Waals surface area contributed by atoms with Gasteiger partial charge in [-0.2, -0.15) is 0 Å². The fourth-order valence-electron chi connectivity index (χ4n) is 1.02. The van der Waals surface area contributed by atoms with Crippen molar-refractivity contribution < 1.29 is 13.2 Å². The van der Waals surface area contributed by atoms with Crippen LogP contribution < -0.4 is 0 Å². The van der Waals surface area contributed by atoms with Crippen molar-refractivity contribution in [2.75, 3.05) is 0 Å². The summed E-state index contributed by atoms with van der Waals surface area (Å²) in [6, 6.07) is 6.58. The molecule has 0 spiro atoms. The van der Waals surface area contributed by atoms with E-state index in [0.29, 0.717) is 0 Å². The van der Waals surface area contributed by atoms with Crippen LogP contribution in [0.15, 0.2) is 24.3 Å². The number of rotatable bonds is 2. The van der Waals surface area contributed by atoms with E-state index in [0.717, 1.165) is 5.56 Å². The Kier molecular flexibility index (Phi) is 4.53. The van der Waals surface area contributed by atoms with Crippen LogP contribution in [0, 0.1) is 6.92 Å². The van der Waals surface area contributed by atoms with E-state index in [4.69, 9.17) is 0 Å². The zero-order chi connectivity index (χ0) is 11.6. The monoisotopic (exact) mass is 450 g/mol. The molecule has 1 rings (SSSR count). The SMILES string of the molecule is Cc1cccc(C(=O)S(=O)(=O)C(I)I)c1. The summed E-state index contributed by atoms with van der Waals surface area (Å²) in [5.74, 6) is 0. The van der Waals surface area contributed by atoms with E-state index in [1.165, 1.54) is 6.07 Å². The number of hydrogen-bond donors (Lipinski definition) is 0. The highest BCUT2D eigenvalue weighted by atomic mass is 127. The Balaban J connectivity index is 3.17. The number of benzene rings is 1. The summed E-state index contributed by atoms with van der Waals surface area (Å²) in [4.78, 5) is 11.7. The molecule has 0 heterocycles. The van der Waals surface area contributed by atoms with E-state index in [-0.39, 0.29) is 5.56 Å². The molecule has 6 heteroatoms. The third-order valence-corrected chi connectivity index (χ3v) is 6.99. The van der Waals surface area contributed by atoms with Gasteiger partial charge in [0.2, 0.25) is 9.84 Å². The lowest BCUT2D eigenvalue weighted by atomic mass is 10.2. The fourth-order valence-corrected chi connectivity index (χ4v) is 3.02. The predicted molar refractivity (Wildman–Crippen MR) is 76.3 cm³/mol. The number of halogens is 2. The minimum atomic E-state index is -3.71. The Morgan fingerprint density at radius 3 is 2.40 bits per heavy atom. The second-order valence-electron chi connectivity index (χ2n) is 2.96. The lowest BCUT2D eigenvalue weighted by molar-refractivity contribution is 0.107. The van der Waals surface area contributed by atoms with E-state index in [2.05, 4.69) is 0 Å². The maximum Gasteiger partial charge on any atom is 0.278 e. The van der Waals surface area contributed by atoms with Crippen LogP contribution in [-0.4, -0.2) is 14.8 Å². The summed E-state index contributed by atoms with van der Waals surface area (Å²) in [5, 5.41) is -0.806. The van der Waals surface area contributed by atoms with Gasteiger partial charge in [0, 0.05) is 5.56 Å². The van der Waals surface area contributed by atoms with E-state index < -0.39 is 16.2 Å². The van der Waals surface area contributed by atoms with Gasteiger partial charge in [-0.15, -0.1) is 0 Å². The van der Waals surface area contributed by atoms with E-state index in [9.17, 15) is 13.2 Å². The normalized spacial score (nSPS) is 11.7. The third-order valence-electron chi connectivity index (χ3n) is 1.75. The Bertz CT molecular complexity index is 480. The number of sulfone groups is 1. The summed E-state index contributed by atoms with van der Waals surface area (Å²) in [6.45, 7) is 1.81. The number of aryl methyl sites for hydroxylation is 1. The third kappa shape index (κ3) is 3.13. The molecule has 0 aliphatic heterocycles. The van der Waals surface area contributed by atoms with Crippen LogP contribution in [0.5, 0.6) is 0 Å². The number of hydrogen-bond acceptors (Lipinski definition) is 3. The molecule has 0 aliphatic rings. The predicted octanol–water partition coefficient (Wildman–Crippen LogP) is 2.70. The Morgan fingerprint density at radius 1 is 1.33 bits per heavy atom. The van der Waals surface area contributed by atoms with Gasteiger partial charge in [0.15, 0.2) is 1.26 Å². The largest absolute Gasteiger partial charge is 0.278 e. The van der Waals surface area contributed by atoms with Gasteiger partial charge in [-0.25, -0.2) is 8.42 Å². The quantitative estimate of drug-likeness (QED) is 0.515. The average Bonchev–Trinajstić information content (AvgIpc) is 2.16. The zero-order valence-electron chi connectivity index (χ0n) is 7.78. The molecule has 0 bridgehead atoms. The van der Waals surface area contributed by atoms with Crippen molar-refractivity contribution in [3.8, 4) is 0 Å². The molecular formula is C9H8I2O3S. The molecular weight excluding hydrogens is 442 g/mol. The van der Waals surface area contributed by atoms with Crippen molar-refractivity contribution in [2.45, 2.75) is 8.19 Å². The van der Waals surface area contributed by atoms with Crippen molar-refractivity contribution in [3.63, 3.8) is 0 Å². The number of alkyl halides is 2. The van der Waals surface area contributed by atoms with Gasteiger partial charge in [-0.3, -0.25) is 4.79 Å². The molecule has 0 saturated heterocycles. The first kappa shape index (κ1) is 13.4. The minimum Gasteiger partial charge on any atom is -0.276 e. The van der Waals surface area contributed by atoms with Crippen molar-refractivity contribution in [3.05, 3.63) is 35.4 Å².